The first kappa shape index (κ1) is 18.0. The highest BCUT2D eigenvalue weighted by Gasteiger charge is 2.48. The van der Waals surface area contributed by atoms with Crippen molar-refractivity contribution in [2.45, 2.75) is 39.7 Å². The van der Waals surface area contributed by atoms with E-state index in [1.54, 1.807) is 0 Å². The maximum Gasteiger partial charge on any atom is 0.405 e. The summed E-state index contributed by atoms with van der Waals surface area (Å²) in [5.74, 6) is -6.69. The Labute approximate surface area is 126 Å². The van der Waals surface area contributed by atoms with E-state index in [0.717, 1.165) is 12.1 Å². The lowest BCUT2D eigenvalue weighted by atomic mass is 9.84. The Hall–Kier alpha value is -2.05. The van der Waals surface area contributed by atoms with Crippen LogP contribution in [0.25, 0.3) is 0 Å². The summed E-state index contributed by atoms with van der Waals surface area (Å²) in [5, 5.41) is 10.6. The smallest absolute Gasteiger partial charge is 0.405 e. The Morgan fingerprint density at radius 2 is 1.77 bits per heavy atom. The summed E-state index contributed by atoms with van der Waals surface area (Å²) in [6.45, 7) is 5.28. The molecule has 0 heterocycles. The molecule has 0 aliphatic heterocycles. The van der Waals surface area contributed by atoms with E-state index < -0.39 is 40.6 Å². The molecule has 2 N–H and O–H groups in total. The third kappa shape index (κ3) is 3.58. The summed E-state index contributed by atoms with van der Waals surface area (Å²) in [7, 11) is 0. The molecule has 0 spiro atoms. The first-order valence-corrected chi connectivity index (χ1v) is 6.60. The van der Waals surface area contributed by atoms with Crippen LogP contribution in [0.4, 0.5) is 18.0 Å². The highest BCUT2D eigenvalue weighted by molar-refractivity contribution is 5.91. The molecule has 4 nitrogen and oxygen atoms in total. The van der Waals surface area contributed by atoms with Gasteiger partial charge < -0.3 is 10.4 Å². The largest absolute Gasteiger partial charge is 0.465 e. The molecule has 1 aromatic carbocycles. The van der Waals surface area contributed by atoms with Gasteiger partial charge in [0.05, 0.1) is 11.6 Å². The van der Waals surface area contributed by atoms with Gasteiger partial charge >= 0.3 is 12.0 Å². The summed E-state index contributed by atoms with van der Waals surface area (Å²) < 4.78 is 42.9. The van der Waals surface area contributed by atoms with Crippen molar-refractivity contribution in [3.05, 3.63) is 35.1 Å². The van der Waals surface area contributed by atoms with Crippen molar-refractivity contribution >= 4 is 11.9 Å². The fourth-order valence-electron chi connectivity index (χ4n) is 1.98. The molecule has 1 aromatic rings. The first-order valence-electron chi connectivity index (χ1n) is 6.60. The minimum absolute atomic E-state index is 0.249. The fourth-order valence-corrected chi connectivity index (χ4v) is 1.98. The number of rotatable bonds is 4. The van der Waals surface area contributed by atoms with E-state index in [4.69, 9.17) is 5.11 Å². The Balaban J connectivity index is 3.33. The number of Topliss-reactive ketones (excluding diaryl/α,β-unsaturated/α-hetero) is 1. The van der Waals surface area contributed by atoms with E-state index >= 15 is 0 Å². The van der Waals surface area contributed by atoms with Crippen molar-refractivity contribution in [3.63, 3.8) is 0 Å². The molecule has 0 fully saturated rings. The van der Waals surface area contributed by atoms with Crippen LogP contribution in [0.5, 0.6) is 0 Å². The number of amides is 1. The van der Waals surface area contributed by atoms with E-state index in [1.807, 2.05) is 5.32 Å². The number of hydrogen-bond acceptors (Lipinski definition) is 2. The van der Waals surface area contributed by atoms with Gasteiger partial charge in [-0.2, -0.15) is 8.78 Å². The second-order valence-electron chi connectivity index (χ2n) is 6.03. The minimum Gasteiger partial charge on any atom is -0.465 e. The highest BCUT2D eigenvalue weighted by Crippen LogP contribution is 2.38. The number of carboxylic acid groups (broad SMARTS) is 1. The van der Waals surface area contributed by atoms with E-state index in [1.165, 1.54) is 33.8 Å². The summed E-state index contributed by atoms with van der Waals surface area (Å²) in [4.78, 5) is 22.5. The standard InChI is InChI=1S/C15H18F3NO3/c1-8(19-13(21)22)9-6-5-7-10(11(9)16)15(17,18)12(20)14(2,3)4/h5-8,19H,1-4H3,(H,21,22). The lowest BCUT2D eigenvalue weighted by Crippen LogP contribution is -2.37. The molecule has 0 radical (unpaired) electrons. The molecule has 0 bridgehead atoms. The van der Waals surface area contributed by atoms with Crippen LogP contribution in [0.1, 0.15) is 44.9 Å². The molecular formula is C15H18F3NO3. The predicted octanol–water partition coefficient (Wildman–Crippen LogP) is 3.86. The lowest BCUT2D eigenvalue weighted by molar-refractivity contribution is -0.153. The van der Waals surface area contributed by atoms with Gasteiger partial charge in [-0.1, -0.05) is 32.9 Å². The molecule has 0 aliphatic carbocycles. The van der Waals surface area contributed by atoms with Crippen LogP contribution in [0.2, 0.25) is 0 Å². The van der Waals surface area contributed by atoms with E-state index in [-0.39, 0.29) is 5.56 Å². The van der Waals surface area contributed by atoms with Crippen molar-refractivity contribution in [2.24, 2.45) is 5.41 Å². The van der Waals surface area contributed by atoms with E-state index in [0.29, 0.717) is 0 Å². The average Bonchev–Trinajstić information content (AvgIpc) is 2.35. The second kappa shape index (κ2) is 5.98. The van der Waals surface area contributed by atoms with Crippen LogP contribution in [0.15, 0.2) is 18.2 Å². The summed E-state index contributed by atoms with van der Waals surface area (Å²) >= 11 is 0. The molecule has 1 amide bonds. The zero-order valence-electron chi connectivity index (χ0n) is 12.7. The topological polar surface area (TPSA) is 66.4 Å². The molecule has 122 valence electrons. The van der Waals surface area contributed by atoms with Crippen LogP contribution >= 0.6 is 0 Å². The van der Waals surface area contributed by atoms with Crippen molar-refractivity contribution in [1.82, 2.24) is 5.32 Å². The van der Waals surface area contributed by atoms with E-state index in [9.17, 15) is 22.8 Å². The van der Waals surface area contributed by atoms with Crippen molar-refractivity contribution in [3.8, 4) is 0 Å². The van der Waals surface area contributed by atoms with Gasteiger partial charge in [0.2, 0.25) is 5.78 Å². The van der Waals surface area contributed by atoms with Crippen LogP contribution < -0.4 is 5.32 Å². The SMILES string of the molecule is CC(NC(=O)O)c1cccc(C(F)(F)C(=O)C(C)(C)C)c1F. The van der Waals surface area contributed by atoms with Gasteiger partial charge in [0.15, 0.2) is 0 Å². The normalized spacial score (nSPS) is 13.6. The number of benzene rings is 1. The van der Waals surface area contributed by atoms with Gasteiger partial charge in [0, 0.05) is 11.0 Å². The van der Waals surface area contributed by atoms with Gasteiger partial charge in [-0.3, -0.25) is 4.79 Å². The Bertz CT molecular complexity index is 594. The van der Waals surface area contributed by atoms with Crippen molar-refractivity contribution in [1.29, 1.82) is 0 Å². The Kier molecular flexibility index (Phi) is 4.89. The molecule has 22 heavy (non-hydrogen) atoms. The van der Waals surface area contributed by atoms with Crippen molar-refractivity contribution in [2.75, 3.05) is 0 Å². The molecule has 1 atom stereocenters. The van der Waals surface area contributed by atoms with Gasteiger partial charge in [-0.15, -0.1) is 0 Å². The maximum atomic E-state index is 14.4. The van der Waals surface area contributed by atoms with Crippen LogP contribution in [0.3, 0.4) is 0 Å². The highest BCUT2D eigenvalue weighted by atomic mass is 19.3. The number of carbonyl (C=O) groups is 2. The van der Waals surface area contributed by atoms with Crippen molar-refractivity contribution < 1.29 is 27.9 Å². The van der Waals surface area contributed by atoms with E-state index in [2.05, 4.69) is 0 Å². The van der Waals surface area contributed by atoms with Crippen LogP contribution in [0, 0.1) is 11.2 Å². The van der Waals surface area contributed by atoms with Gasteiger partial charge in [0.25, 0.3) is 0 Å². The predicted molar refractivity (Wildman–Crippen MR) is 74.3 cm³/mol. The lowest BCUT2D eigenvalue weighted by Gasteiger charge is -2.25. The molecule has 0 aromatic heterocycles. The molecular weight excluding hydrogens is 299 g/mol. The zero-order valence-corrected chi connectivity index (χ0v) is 12.7. The molecule has 1 rings (SSSR count). The number of halogens is 3. The minimum atomic E-state index is -4.00. The average molecular weight is 317 g/mol. The third-order valence-corrected chi connectivity index (χ3v) is 3.14. The summed E-state index contributed by atoms with van der Waals surface area (Å²) in [5.41, 5.74) is -2.65. The third-order valence-electron chi connectivity index (χ3n) is 3.14. The molecule has 1 unspecified atom stereocenters. The summed E-state index contributed by atoms with van der Waals surface area (Å²) in [6.07, 6.45) is -1.41. The van der Waals surface area contributed by atoms with Gasteiger partial charge in [-0.05, 0) is 13.0 Å². The molecule has 0 saturated heterocycles. The van der Waals surface area contributed by atoms with Crippen LogP contribution in [-0.2, 0) is 10.7 Å². The monoisotopic (exact) mass is 317 g/mol. The molecule has 0 aliphatic rings. The number of carbonyl (C=O) groups excluding carboxylic acids is 1. The quantitative estimate of drug-likeness (QED) is 0.886. The molecule has 0 saturated carbocycles. The number of alkyl halides is 2. The summed E-state index contributed by atoms with van der Waals surface area (Å²) in [6, 6.07) is 2.16. The fraction of sp³-hybridized carbons (Fsp3) is 0.467. The maximum absolute atomic E-state index is 14.4. The molecule has 7 heteroatoms. The number of ketones is 1. The number of hydrogen-bond donors (Lipinski definition) is 2. The number of nitrogens with one attached hydrogen (secondary N) is 1. The van der Waals surface area contributed by atoms with Crippen LogP contribution in [-0.4, -0.2) is 17.0 Å². The zero-order chi connectivity index (χ0) is 17.3. The first-order chi connectivity index (χ1) is 9.89. The Morgan fingerprint density at radius 1 is 1.23 bits per heavy atom. The second-order valence-corrected chi connectivity index (χ2v) is 6.03. The Morgan fingerprint density at radius 3 is 2.23 bits per heavy atom. The van der Waals surface area contributed by atoms with Gasteiger partial charge in [0.1, 0.15) is 5.82 Å². The van der Waals surface area contributed by atoms with Gasteiger partial charge in [-0.25, -0.2) is 9.18 Å².